The predicted molar refractivity (Wildman–Crippen MR) is 130 cm³/mol. The third-order valence-electron chi connectivity index (χ3n) is 4.92. The van der Waals surface area contributed by atoms with Gasteiger partial charge in [-0.15, -0.1) is 0 Å². The number of carbonyl (C=O) groups is 6. The van der Waals surface area contributed by atoms with Crippen LogP contribution in [0.1, 0.15) is 44.9 Å². The van der Waals surface area contributed by atoms with Gasteiger partial charge < -0.3 is 54.8 Å². The molecule has 0 aromatic heterocycles. The van der Waals surface area contributed by atoms with Crippen LogP contribution in [0.2, 0.25) is 0 Å². The topological polar surface area (TPSA) is 321 Å². The number of primary amides is 1. The van der Waals surface area contributed by atoms with Crippen molar-refractivity contribution in [2.24, 2.45) is 33.7 Å². The second kappa shape index (κ2) is 17.4. The minimum atomic E-state index is -1.78. The highest BCUT2D eigenvalue weighted by molar-refractivity contribution is 5.96. The van der Waals surface area contributed by atoms with E-state index in [1.165, 1.54) is 0 Å². The third-order valence-corrected chi connectivity index (χ3v) is 4.92. The van der Waals surface area contributed by atoms with Crippen molar-refractivity contribution in [1.82, 2.24) is 16.0 Å². The summed E-state index contributed by atoms with van der Waals surface area (Å²) in [7, 11) is 0. The van der Waals surface area contributed by atoms with E-state index < -0.39 is 72.6 Å². The summed E-state index contributed by atoms with van der Waals surface area (Å²) in [6.07, 6.45) is -0.0530. The molecular weight excluding hydrogens is 494 g/mol. The molecule has 4 unspecified atom stereocenters. The Balaban J connectivity index is 5.61. The number of amides is 4. The van der Waals surface area contributed by atoms with E-state index in [2.05, 4.69) is 15.6 Å². The fourth-order valence-corrected chi connectivity index (χ4v) is 3.02. The van der Waals surface area contributed by atoms with E-state index in [0.29, 0.717) is 19.4 Å². The van der Waals surface area contributed by atoms with Crippen molar-refractivity contribution < 1.29 is 39.0 Å². The monoisotopic (exact) mass is 531 g/mol. The lowest BCUT2D eigenvalue weighted by atomic mass is 10.1. The summed E-state index contributed by atoms with van der Waals surface area (Å²) in [6, 6.07) is -5.67. The molecule has 0 saturated carbocycles. The summed E-state index contributed by atoms with van der Waals surface area (Å²) in [6.45, 7) is 0.460. The molecule has 15 N–H and O–H groups in total. The van der Waals surface area contributed by atoms with Gasteiger partial charge in [0.05, 0.1) is 18.9 Å². The smallest absolute Gasteiger partial charge is 0.326 e. The van der Waals surface area contributed by atoms with Crippen molar-refractivity contribution in [3.8, 4) is 0 Å². The summed E-state index contributed by atoms with van der Waals surface area (Å²) < 4.78 is 0. The minimum absolute atomic E-state index is 0.0541. The van der Waals surface area contributed by atoms with Crippen LogP contribution in [0.3, 0.4) is 0 Å². The lowest BCUT2D eigenvalue weighted by molar-refractivity contribution is -0.147. The van der Waals surface area contributed by atoms with Crippen molar-refractivity contribution in [1.29, 1.82) is 0 Å². The zero-order valence-corrected chi connectivity index (χ0v) is 20.4. The molecular formula is C20H37N9O8. The largest absolute Gasteiger partial charge is 0.481 e. The van der Waals surface area contributed by atoms with Crippen molar-refractivity contribution in [2.75, 3.05) is 13.1 Å². The van der Waals surface area contributed by atoms with Crippen LogP contribution < -0.4 is 44.6 Å². The van der Waals surface area contributed by atoms with Gasteiger partial charge in [-0.25, -0.2) is 4.79 Å². The van der Waals surface area contributed by atoms with Crippen LogP contribution in [0.5, 0.6) is 0 Å². The van der Waals surface area contributed by atoms with E-state index in [4.69, 9.17) is 33.8 Å². The second-order valence-electron chi connectivity index (χ2n) is 8.13. The van der Waals surface area contributed by atoms with E-state index in [0.717, 1.165) is 0 Å². The third kappa shape index (κ3) is 14.9. The second-order valence-corrected chi connectivity index (χ2v) is 8.13. The maximum atomic E-state index is 12.9. The maximum Gasteiger partial charge on any atom is 0.326 e. The lowest BCUT2D eigenvalue weighted by Crippen LogP contribution is -2.57. The average Bonchev–Trinajstić information content (AvgIpc) is 2.79. The molecule has 4 atom stereocenters. The van der Waals surface area contributed by atoms with Gasteiger partial charge in [0.1, 0.15) is 18.1 Å². The first-order chi connectivity index (χ1) is 17.3. The van der Waals surface area contributed by atoms with Crippen molar-refractivity contribution >= 4 is 41.5 Å². The molecule has 210 valence electrons. The van der Waals surface area contributed by atoms with Crippen LogP contribution >= 0.6 is 0 Å². The van der Waals surface area contributed by atoms with Crippen molar-refractivity contribution in [3.63, 3.8) is 0 Å². The number of nitrogens with two attached hydrogens (primary N) is 5. The molecule has 17 nitrogen and oxygen atoms in total. The van der Waals surface area contributed by atoms with Gasteiger partial charge in [-0.3, -0.25) is 29.0 Å². The maximum absolute atomic E-state index is 12.9. The summed E-state index contributed by atoms with van der Waals surface area (Å²) >= 11 is 0. The van der Waals surface area contributed by atoms with Gasteiger partial charge in [-0.05, 0) is 32.2 Å². The van der Waals surface area contributed by atoms with Crippen molar-refractivity contribution in [2.45, 2.75) is 69.1 Å². The highest BCUT2D eigenvalue weighted by Crippen LogP contribution is 2.05. The zero-order valence-electron chi connectivity index (χ0n) is 20.4. The van der Waals surface area contributed by atoms with E-state index in [-0.39, 0.29) is 31.8 Å². The molecule has 4 amide bonds. The van der Waals surface area contributed by atoms with E-state index >= 15 is 0 Å². The van der Waals surface area contributed by atoms with Crippen LogP contribution in [-0.4, -0.2) is 89.0 Å². The Bertz CT molecular complexity index is 848. The molecule has 17 heteroatoms. The first-order valence-electron chi connectivity index (χ1n) is 11.4. The van der Waals surface area contributed by atoms with Crippen LogP contribution in [0.15, 0.2) is 4.99 Å². The van der Waals surface area contributed by atoms with Gasteiger partial charge in [0.2, 0.25) is 23.6 Å². The standard InChI is InChI=1S/C20H37N9O8/c21-6-2-1-4-10(22)16(33)28-12(8-14(23)30)18(35)27-11(5-3-7-26-20(24)25)17(34)29-13(19(36)37)9-15(31)32/h10-13H,1-9,21-22H2,(H2,23,30)(H,27,35)(H,28,33)(H,29,34)(H,31,32)(H,36,37)(H4,24,25,26). The molecule has 0 aliphatic heterocycles. The first kappa shape index (κ1) is 33.0. The average molecular weight is 532 g/mol. The van der Waals surface area contributed by atoms with Gasteiger partial charge in [-0.2, -0.15) is 0 Å². The normalized spacial score (nSPS) is 13.8. The molecule has 0 spiro atoms. The Kier molecular flexibility index (Phi) is 15.6. The number of nitrogens with one attached hydrogen (secondary N) is 3. The Morgan fingerprint density at radius 3 is 1.81 bits per heavy atom. The van der Waals surface area contributed by atoms with Gasteiger partial charge in [0.15, 0.2) is 5.96 Å². The summed E-state index contributed by atoms with van der Waals surface area (Å²) in [5.74, 6) is -6.97. The number of carboxylic acid groups (broad SMARTS) is 2. The Morgan fingerprint density at radius 1 is 0.730 bits per heavy atom. The Hall–Kier alpha value is -3.99. The quantitative estimate of drug-likeness (QED) is 0.0427. The van der Waals surface area contributed by atoms with Gasteiger partial charge in [0.25, 0.3) is 0 Å². The van der Waals surface area contributed by atoms with E-state index in [9.17, 15) is 33.9 Å². The predicted octanol–water partition coefficient (Wildman–Crippen LogP) is -4.61. The van der Waals surface area contributed by atoms with Gasteiger partial charge >= 0.3 is 11.9 Å². The summed E-state index contributed by atoms with van der Waals surface area (Å²) in [5.41, 5.74) is 26.9. The highest BCUT2D eigenvalue weighted by Gasteiger charge is 2.31. The van der Waals surface area contributed by atoms with Crippen LogP contribution in [-0.2, 0) is 28.8 Å². The minimum Gasteiger partial charge on any atom is -0.481 e. The van der Waals surface area contributed by atoms with Crippen LogP contribution in [0.4, 0.5) is 0 Å². The number of aliphatic carboxylic acids is 2. The fraction of sp³-hybridized carbons (Fsp3) is 0.650. The summed E-state index contributed by atoms with van der Waals surface area (Å²) in [4.78, 5) is 75.6. The van der Waals surface area contributed by atoms with E-state index in [1.807, 2.05) is 5.32 Å². The Labute approximate surface area is 212 Å². The first-order valence-corrected chi connectivity index (χ1v) is 11.4. The molecule has 0 saturated heterocycles. The lowest BCUT2D eigenvalue weighted by Gasteiger charge is -2.24. The number of carbonyl (C=O) groups excluding carboxylic acids is 4. The Morgan fingerprint density at radius 2 is 1.30 bits per heavy atom. The van der Waals surface area contributed by atoms with Crippen LogP contribution in [0, 0.1) is 0 Å². The molecule has 0 radical (unpaired) electrons. The fourth-order valence-electron chi connectivity index (χ4n) is 3.02. The van der Waals surface area contributed by atoms with Crippen molar-refractivity contribution in [3.05, 3.63) is 0 Å². The van der Waals surface area contributed by atoms with Crippen LogP contribution in [0.25, 0.3) is 0 Å². The van der Waals surface area contributed by atoms with Gasteiger partial charge in [0, 0.05) is 6.54 Å². The van der Waals surface area contributed by atoms with E-state index in [1.54, 1.807) is 0 Å². The number of carboxylic acids is 2. The number of hydrogen-bond donors (Lipinski definition) is 10. The number of aliphatic imine (C=N–C) groups is 1. The molecule has 0 aliphatic rings. The molecule has 0 heterocycles. The number of unbranched alkanes of at least 4 members (excludes halogenated alkanes) is 1. The SMILES string of the molecule is NCCCCC(N)C(=O)NC(CC(N)=O)C(=O)NC(CCCN=C(N)N)C(=O)NC(CC(=O)O)C(=O)O. The number of guanidine groups is 1. The molecule has 0 aliphatic carbocycles. The zero-order chi connectivity index (χ0) is 28.5. The summed E-state index contributed by atoms with van der Waals surface area (Å²) in [5, 5.41) is 24.8. The number of rotatable bonds is 19. The number of hydrogen-bond acceptors (Lipinski definition) is 9. The molecule has 0 rings (SSSR count). The van der Waals surface area contributed by atoms with Gasteiger partial charge in [-0.1, -0.05) is 6.42 Å². The molecule has 0 aromatic rings. The molecule has 0 aromatic carbocycles. The number of nitrogens with zero attached hydrogens (tertiary/aromatic N) is 1. The highest BCUT2D eigenvalue weighted by atomic mass is 16.4. The molecule has 0 fully saturated rings. The molecule has 37 heavy (non-hydrogen) atoms. The molecule has 0 bridgehead atoms.